The summed E-state index contributed by atoms with van der Waals surface area (Å²) < 4.78 is 10.8. The normalized spacial score (nSPS) is 25.3. The molecule has 8 nitrogen and oxygen atoms in total. The van der Waals surface area contributed by atoms with Crippen molar-refractivity contribution in [3.05, 3.63) is 23.8 Å². The Balaban J connectivity index is 2.71. The highest BCUT2D eigenvalue weighted by atomic mass is 16.6. The number of aliphatic hydroxyl groups is 3. The Morgan fingerprint density at radius 1 is 1.07 bits per heavy atom. The molecule has 1 aliphatic heterocycles. The van der Waals surface area contributed by atoms with E-state index in [0.29, 0.717) is 19.3 Å². The van der Waals surface area contributed by atoms with Gasteiger partial charge in [0, 0.05) is 30.6 Å². The van der Waals surface area contributed by atoms with Crippen molar-refractivity contribution in [3.63, 3.8) is 0 Å². The van der Waals surface area contributed by atoms with E-state index >= 15 is 0 Å². The number of hydrogen-bond acceptors (Lipinski definition) is 7. The fourth-order valence-electron chi connectivity index (χ4n) is 5.89. The number of nitrogens with two attached hydrogens (primary N) is 1. The van der Waals surface area contributed by atoms with Gasteiger partial charge in [0.2, 0.25) is 0 Å². The Hall–Kier alpha value is -1.90. The number of amides is 1. The lowest BCUT2D eigenvalue weighted by Gasteiger charge is -2.34. The molecule has 0 unspecified atom stereocenters. The number of rotatable bonds is 17. The van der Waals surface area contributed by atoms with Gasteiger partial charge in [-0.1, -0.05) is 85.1 Å². The first-order chi connectivity index (χ1) is 18.7. The first-order valence-corrected chi connectivity index (χ1v) is 15.2. The van der Waals surface area contributed by atoms with Crippen molar-refractivity contribution < 1.29 is 34.4 Å². The van der Waals surface area contributed by atoms with E-state index in [2.05, 4.69) is 6.92 Å². The minimum absolute atomic E-state index is 0.0864. The predicted molar refractivity (Wildman–Crippen MR) is 158 cm³/mol. The minimum atomic E-state index is -0.818. The molecule has 1 fully saturated rings. The van der Waals surface area contributed by atoms with Crippen molar-refractivity contribution in [1.82, 2.24) is 0 Å². The van der Waals surface area contributed by atoms with Gasteiger partial charge in [-0.2, -0.15) is 0 Å². The molecule has 0 spiro atoms. The predicted octanol–water partition coefficient (Wildman–Crippen LogP) is 5.53. The summed E-state index contributed by atoms with van der Waals surface area (Å²) in [4.78, 5) is 23.1. The molecule has 1 heterocycles. The molecule has 40 heavy (non-hydrogen) atoms. The third-order valence-electron chi connectivity index (χ3n) is 8.57. The number of ether oxygens (including phenoxy) is 2. The van der Waals surface area contributed by atoms with Gasteiger partial charge in [0.15, 0.2) is 0 Å². The second-order valence-electron chi connectivity index (χ2n) is 12.5. The third-order valence-corrected chi connectivity index (χ3v) is 8.57. The van der Waals surface area contributed by atoms with Gasteiger partial charge in [-0.15, -0.1) is 0 Å². The molecule has 232 valence electrons. The van der Waals surface area contributed by atoms with Crippen LogP contribution >= 0.6 is 0 Å². The second kappa shape index (κ2) is 17.8. The van der Waals surface area contributed by atoms with Gasteiger partial charge in [0.05, 0.1) is 18.3 Å². The molecular weight excluding hydrogens is 510 g/mol. The van der Waals surface area contributed by atoms with Gasteiger partial charge >= 0.3 is 12.1 Å². The van der Waals surface area contributed by atoms with Crippen LogP contribution in [0.4, 0.5) is 4.79 Å². The number of carbonyl (C=O) groups is 2. The summed E-state index contributed by atoms with van der Waals surface area (Å²) in [6.45, 7) is 15.9. The van der Waals surface area contributed by atoms with Gasteiger partial charge in [-0.05, 0) is 43.9 Å². The van der Waals surface area contributed by atoms with Crippen LogP contribution in [0.1, 0.15) is 100 Å². The highest BCUT2D eigenvalue weighted by Gasteiger charge is 2.34. The van der Waals surface area contributed by atoms with Crippen LogP contribution in [0.2, 0.25) is 0 Å². The monoisotopic (exact) mass is 567 g/mol. The highest BCUT2D eigenvalue weighted by Crippen LogP contribution is 2.30. The maximum absolute atomic E-state index is 11.6. The molecule has 1 aliphatic rings. The molecule has 1 saturated heterocycles. The van der Waals surface area contributed by atoms with Crippen LogP contribution in [0.5, 0.6) is 0 Å². The average molecular weight is 568 g/mol. The minimum Gasteiger partial charge on any atom is -0.462 e. The Morgan fingerprint density at radius 3 is 2.33 bits per heavy atom. The summed E-state index contributed by atoms with van der Waals surface area (Å²) in [5, 5.41) is 32.5. The van der Waals surface area contributed by atoms with E-state index in [4.69, 9.17) is 15.2 Å². The second-order valence-corrected chi connectivity index (χ2v) is 12.5. The summed E-state index contributed by atoms with van der Waals surface area (Å²) in [5.74, 6) is -0.608. The number of aliphatic hydroxyl groups excluding tert-OH is 3. The standard InChI is InChI=1S/C32H57NO7/c1-9-10-11-22(5)31(40-32(33)38)25(8)30(37)24(7)17-19(2)16-23(6)29(36)21(4)12-14-26(34)18-27-20(3)13-15-28(35)39-27/h12,14,16,20-27,29-31,34,36-37H,9-11,13,15,17-18H2,1-8H3,(H2,33,38)/b14-12-,19-16-/t20-,21+,22+,23+,24+,25+,26-,27+,29+,30-,31+/m1/s1. The lowest BCUT2D eigenvalue weighted by molar-refractivity contribution is -0.159. The van der Waals surface area contributed by atoms with Crippen molar-refractivity contribution in [2.45, 2.75) is 131 Å². The molecule has 8 heteroatoms. The van der Waals surface area contributed by atoms with Gasteiger partial charge in [-0.25, -0.2) is 4.79 Å². The average Bonchev–Trinajstić information content (AvgIpc) is 2.89. The van der Waals surface area contributed by atoms with Gasteiger partial charge in [0.25, 0.3) is 0 Å². The zero-order valence-corrected chi connectivity index (χ0v) is 26.1. The van der Waals surface area contributed by atoms with E-state index in [0.717, 1.165) is 31.3 Å². The van der Waals surface area contributed by atoms with Crippen molar-refractivity contribution in [3.8, 4) is 0 Å². The van der Waals surface area contributed by atoms with Crippen molar-refractivity contribution in [2.75, 3.05) is 0 Å². The van der Waals surface area contributed by atoms with E-state index in [-0.39, 0.29) is 47.6 Å². The Kier molecular flexibility index (Phi) is 16.1. The number of allylic oxidation sites excluding steroid dienone is 1. The number of cyclic esters (lactones) is 1. The Labute approximate surface area is 242 Å². The van der Waals surface area contributed by atoms with E-state index in [9.17, 15) is 24.9 Å². The SMILES string of the molecule is CCCC[C@H](C)[C@H](OC(N)=O)[C@@H](C)[C@H](O)[C@@H](C)C/C(C)=C\[C@H](C)[C@@H](O)[C@@H](C)/C=C\[C@@H](O)C[C@@H]1OC(=O)CC[C@H]1C. The van der Waals surface area contributed by atoms with Crippen molar-refractivity contribution in [2.24, 2.45) is 41.2 Å². The van der Waals surface area contributed by atoms with Crippen molar-refractivity contribution >= 4 is 12.1 Å². The summed E-state index contributed by atoms with van der Waals surface area (Å²) in [6, 6.07) is 0. The lowest BCUT2D eigenvalue weighted by Crippen LogP contribution is -2.41. The zero-order chi connectivity index (χ0) is 30.6. The highest BCUT2D eigenvalue weighted by molar-refractivity contribution is 5.70. The fraction of sp³-hybridized carbons (Fsp3) is 0.812. The third kappa shape index (κ3) is 12.3. The fourth-order valence-corrected chi connectivity index (χ4v) is 5.89. The van der Waals surface area contributed by atoms with Crippen LogP contribution in [-0.2, 0) is 14.3 Å². The van der Waals surface area contributed by atoms with Crippen LogP contribution in [0.15, 0.2) is 23.8 Å². The van der Waals surface area contributed by atoms with Gasteiger partial charge in [-0.3, -0.25) is 4.79 Å². The van der Waals surface area contributed by atoms with E-state index < -0.39 is 30.5 Å². The Morgan fingerprint density at radius 2 is 1.73 bits per heavy atom. The van der Waals surface area contributed by atoms with E-state index in [1.54, 1.807) is 6.08 Å². The number of unbranched alkanes of at least 4 members (excludes halogenated alkanes) is 1. The first-order valence-electron chi connectivity index (χ1n) is 15.2. The van der Waals surface area contributed by atoms with Crippen LogP contribution < -0.4 is 5.73 Å². The van der Waals surface area contributed by atoms with Crippen LogP contribution in [0.25, 0.3) is 0 Å². The largest absolute Gasteiger partial charge is 0.462 e. The molecule has 0 saturated carbocycles. The first kappa shape index (κ1) is 36.1. The van der Waals surface area contributed by atoms with Gasteiger partial charge < -0.3 is 30.5 Å². The Bertz CT molecular complexity index is 828. The number of primary amides is 1. The number of hydrogen-bond donors (Lipinski definition) is 4. The molecule has 0 aliphatic carbocycles. The van der Waals surface area contributed by atoms with Crippen LogP contribution in [0.3, 0.4) is 0 Å². The summed E-state index contributed by atoms with van der Waals surface area (Å²) in [7, 11) is 0. The number of carbonyl (C=O) groups excluding carboxylic acids is 2. The molecule has 0 bridgehead atoms. The number of esters is 1. The van der Waals surface area contributed by atoms with E-state index in [1.165, 1.54) is 0 Å². The molecule has 1 amide bonds. The maximum atomic E-state index is 11.6. The maximum Gasteiger partial charge on any atom is 0.404 e. The van der Waals surface area contributed by atoms with E-state index in [1.807, 2.05) is 60.6 Å². The zero-order valence-electron chi connectivity index (χ0n) is 26.1. The summed E-state index contributed by atoms with van der Waals surface area (Å²) in [6.07, 6.45) is 7.00. The van der Waals surface area contributed by atoms with Crippen LogP contribution in [0, 0.1) is 35.5 Å². The molecule has 1 rings (SSSR count). The molecule has 5 N–H and O–H groups in total. The smallest absolute Gasteiger partial charge is 0.404 e. The quantitative estimate of drug-likeness (QED) is 0.134. The molecule has 0 aromatic heterocycles. The molecular formula is C32H57NO7. The van der Waals surface area contributed by atoms with Gasteiger partial charge in [0.1, 0.15) is 12.2 Å². The topological polar surface area (TPSA) is 139 Å². The lowest BCUT2D eigenvalue weighted by atomic mass is 9.80. The summed E-state index contributed by atoms with van der Waals surface area (Å²) >= 11 is 0. The molecule has 11 atom stereocenters. The molecule has 0 radical (unpaired) electrons. The van der Waals surface area contributed by atoms with Crippen molar-refractivity contribution in [1.29, 1.82) is 0 Å². The van der Waals surface area contributed by atoms with Crippen LogP contribution in [-0.4, -0.2) is 57.9 Å². The summed E-state index contributed by atoms with van der Waals surface area (Å²) in [5.41, 5.74) is 6.40. The molecule has 0 aromatic rings. The molecule has 0 aromatic carbocycles.